The van der Waals surface area contributed by atoms with Gasteiger partial charge in [0.05, 0.1) is 17.3 Å². The van der Waals surface area contributed by atoms with Gasteiger partial charge in [-0.3, -0.25) is 9.59 Å². The Balaban J connectivity index is 1.43. The molecule has 2 aliphatic rings. The van der Waals surface area contributed by atoms with Crippen LogP contribution in [-0.4, -0.2) is 36.1 Å². The predicted octanol–water partition coefficient (Wildman–Crippen LogP) is 4.16. The monoisotopic (exact) mass is 501 g/mol. The average molecular weight is 502 g/mol. The number of H-pyrrole nitrogens is 1. The molecule has 1 aliphatic carbocycles. The van der Waals surface area contributed by atoms with Crippen molar-refractivity contribution in [3.8, 4) is 22.7 Å². The van der Waals surface area contributed by atoms with Crippen molar-refractivity contribution < 1.29 is 17.6 Å². The van der Waals surface area contributed by atoms with Gasteiger partial charge >= 0.3 is 0 Å². The summed E-state index contributed by atoms with van der Waals surface area (Å²) in [5.74, 6) is 0.0147. The summed E-state index contributed by atoms with van der Waals surface area (Å²) in [7, 11) is -3.33. The van der Waals surface area contributed by atoms with Crippen LogP contribution in [0.3, 0.4) is 0 Å². The molecule has 3 heterocycles. The Labute approximate surface area is 207 Å². The van der Waals surface area contributed by atoms with Crippen LogP contribution in [0, 0.1) is 0 Å². The minimum absolute atomic E-state index is 0.0762. The summed E-state index contributed by atoms with van der Waals surface area (Å²) >= 11 is 0. The van der Waals surface area contributed by atoms with Crippen molar-refractivity contribution in [3.05, 3.63) is 87.8 Å². The molecular weight excluding hydrogens is 478 g/mol. The summed E-state index contributed by atoms with van der Waals surface area (Å²) in [4.78, 5) is 33.5. The molecule has 1 saturated carbocycles. The van der Waals surface area contributed by atoms with Crippen LogP contribution in [0.1, 0.15) is 41.1 Å². The third kappa shape index (κ3) is 4.05. The van der Waals surface area contributed by atoms with E-state index in [9.17, 15) is 18.0 Å². The minimum atomic E-state index is -3.33. The lowest BCUT2D eigenvalue weighted by molar-refractivity contribution is 0.0946. The van der Waals surface area contributed by atoms with Gasteiger partial charge in [0.1, 0.15) is 17.5 Å². The summed E-state index contributed by atoms with van der Waals surface area (Å²) < 4.78 is 29.1. The van der Waals surface area contributed by atoms with Gasteiger partial charge in [0.25, 0.3) is 11.5 Å². The first-order valence-corrected chi connectivity index (χ1v) is 13.5. The lowest BCUT2D eigenvalue weighted by Crippen LogP contribution is -2.38. The summed E-state index contributed by atoms with van der Waals surface area (Å²) in [6, 6.07) is 14.4. The number of hydrogen-bond donors (Lipinski definition) is 2. The van der Waals surface area contributed by atoms with Crippen LogP contribution in [0.2, 0.25) is 0 Å². The Morgan fingerprint density at radius 3 is 2.61 bits per heavy atom. The second kappa shape index (κ2) is 8.60. The fourth-order valence-corrected chi connectivity index (χ4v) is 6.04. The second-order valence-corrected chi connectivity index (χ2v) is 11.2. The lowest BCUT2D eigenvalue weighted by atomic mass is 9.77. The lowest BCUT2D eigenvalue weighted by Gasteiger charge is -2.28. The maximum Gasteiger partial charge on any atom is 0.261 e. The molecule has 0 bridgehead atoms. The number of nitrogens with zero attached hydrogens (tertiary/aromatic N) is 1. The highest BCUT2D eigenvalue weighted by atomic mass is 32.2. The number of hydrogen-bond acceptors (Lipinski definition) is 6. The van der Waals surface area contributed by atoms with E-state index in [0.29, 0.717) is 28.4 Å². The first kappa shape index (κ1) is 22.5. The Hall–Kier alpha value is -3.98. The number of oxazole rings is 1. The van der Waals surface area contributed by atoms with E-state index in [1.54, 1.807) is 12.3 Å². The number of benzene rings is 2. The normalized spacial score (nSPS) is 18.8. The highest BCUT2D eigenvalue weighted by Gasteiger charge is 2.28. The zero-order valence-electron chi connectivity index (χ0n) is 19.2. The number of nitrogens with one attached hydrogen (secondary N) is 2. The molecule has 36 heavy (non-hydrogen) atoms. The number of pyridine rings is 1. The van der Waals surface area contributed by atoms with Crippen LogP contribution in [0.25, 0.3) is 33.6 Å². The van der Waals surface area contributed by atoms with Crippen LogP contribution < -0.4 is 10.9 Å². The van der Waals surface area contributed by atoms with Gasteiger partial charge in [0.15, 0.2) is 9.84 Å². The molecule has 0 saturated heterocycles. The van der Waals surface area contributed by atoms with Gasteiger partial charge in [-0.2, -0.15) is 0 Å². The van der Waals surface area contributed by atoms with Crippen LogP contribution >= 0.6 is 0 Å². The molecule has 0 spiro atoms. The van der Waals surface area contributed by atoms with Gasteiger partial charge in [-0.05, 0) is 54.0 Å². The van der Waals surface area contributed by atoms with Crippen molar-refractivity contribution in [1.29, 1.82) is 0 Å². The Morgan fingerprint density at radius 1 is 1.11 bits per heavy atom. The fourth-order valence-electron chi connectivity index (χ4n) is 4.81. The van der Waals surface area contributed by atoms with Crippen molar-refractivity contribution in [1.82, 2.24) is 15.3 Å². The topological polar surface area (TPSA) is 122 Å². The van der Waals surface area contributed by atoms with E-state index in [1.165, 1.54) is 6.08 Å². The first-order valence-electron chi connectivity index (χ1n) is 11.8. The molecule has 2 aromatic carbocycles. The minimum Gasteiger partial charge on any atom is -0.444 e. The number of aromatic nitrogens is 2. The van der Waals surface area contributed by atoms with Crippen LogP contribution in [0.15, 0.2) is 75.5 Å². The van der Waals surface area contributed by atoms with Crippen LogP contribution in [-0.2, 0) is 9.84 Å². The molecule has 1 fully saturated rings. The molecule has 0 unspecified atom stereocenters. The molecule has 4 aromatic rings. The molecule has 6 rings (SSSR count). The summed E-state index contributed by atoms with van der Waals surface area (Å²) in [6.07, 6.45) is 6.29. The van der Waals surface area contributed by atoms with Gasteiger partial charge in [0, 0.05) is 16.5 Å². The zero-order chi connectivity index (χ0) is 24.9. The molecular formula is C27H23N3O5S. The van der Waals surface area contributed by atoms with E-state index in [1.807, 2.05) is 42.5 Å². The van der Waals surface area contributed by atoms with E-state index in [2.05, 4.69) is 10.3 Å². The molecule has 1 amide bonds. The summed E-state index contributed by atoms with van der Waals surface area (Å²) in [5.41, 5.74) is 3.33. The zero-order valence-corrected chi connectivity index (χ0v) is 20.0. The second-order valence-electron chi connectivity index (χ2n) is 9.28. The van der Waals surface area contributed by atoms with E-state index in [0.717, 1.165) is 41.4 Å². The first-order chi connectivity index (χ1) is 17.4. The molecule has 2 N–H and O–H groups in total. The SMILES string of the molecule is O=C(N[C@@H]1C=CS(=O)(=O)C1)c1cc2ccc(C3CCC3)c(-c3coc(-c4ccccc4)n3)c2[nH]c1=O. The largest absolute Gasteiger partial charge is 0.444 e. The summed E-state index contributed by atoms with van der Waals surface area (Å²) in [5, 5.41) is 4.38. The van der Waals surface area contributed by atoms with E-state index in [-0.39, 0.29) is 11.3 Å². The highest BCUT2D eigenvalue weighted by Crippen LogP contribution is 2.43. The molecule has 8 nitrogen and oxygen atoms in total. The van der Waals surface area contributed by atoms with Crippen molar-refractivity contribution in [3.63, 3.8) is 0 Å². The van der Waals surface area contributed by atoms with Gasteiger partial charge in [-0.15, -0.1) is 0 Å². The smallest absolute Gasteiger partial charge is 0.261 e. The Kier molecular flexibility index (Phi) is 5.37. The van der Waals surface area contributed by atoms with E-state index in [4.69, 9.17) is 9.40 Å². The predicted molar refractivity (Wildman–Crippen MR) is 136 cm³/mol. The Bertz CT molecular complexity index is 1680. The van der Waals surface area contributed by atoms with Gasteiger partial charge in [-0.25, -0.2) is 13.4 Å². The maximum atomic E-state index is 13.1. The maximum absolute atomic E-state index is 13.1. The number of carbonyl (C=O) groups is 1. The van der Waals surface area contributed by atoms with Gasteiger partial charge in [0.2, 0.25) is 5.89 Å². The third-order valence-electron chi connectivity index (χ3n) is 6.87. The number of amides is 1. The molecule has 9 heteroatoms. The Morgan fingerprint density at radius 2 is 1.92 bits per heavy atom. The number of aromatic amines is 1. The van der Waals surface area contributed by atoms with Crippen LogP contribution in [0.4, 0.5) is 0 Å². The molecule has 0 radical (unpaired) electrons. The summed E-state index contributed by atoms with van der Waals surface area (Å²) in [6.45, 7) is 0. The number of fused-ring (bicyclic) bond motifs is 1. The van der Waals surface area contributed by atoms with Crippen molar-refractivity contribution in [2.45, 2.75) is 31.2 Å². The molecule has 1 aliphatic heterocycles. The van der Waals surface area contributed by atoms with E-state index >= 15 is 0 Å². The van der Waals surface area contributed by atoms with Crippen molar-refractivity contribution >= 4 is 26.6 Å². The molecule has 182 valence electrons. The third-order valence-corrected chi connectivity index (χ3v) is 8.27. The van der Waals surface area contributed by atoms with Gasteiger partial charge < -0.3 is 14.7 Å². The van der Waals surface area contributed by atoms with E-state index < -0.39 is 27.3 Å². The average Bonchev–Trinajstić information content (AvgIpc) is 3.44. The number of carbonyl (C=O) groups excluding carboxylic acids is 1. The molecule has 1 atom stereocenters. The standard InChI is InChI=1S/C27H23N3O5S/c31-25(28-19-11-12-36(33,34)15-19)21-13-18-9-10-20(16-7-4-8-16)23(24(18)30-26(21)32)22-14-35-27(29-22)17-5-2-1-3-6-17/h1-3,5-6,9-14,16,19H,4,7-8,15H2,(H,28,31)(H,30,32)/t19-/m1/s1. The molecule has 2 aromatic heterocycles. The number of rotatable bonds is 5. The number of sulfone groups is 1. The van der Waals surface area contributed by atoms with Crippen LogP contribution in [0.5, 0.6) is 0 Å². The highest BCUT2D eigenvalue weighted by molar-refractivity contribution is 7.94. The quantitative estimate of drug-likeness (QED) is 0.424. The van der Waals surface area contributed by atoms with Crippen molar-refractivity contribution in [2.24, 2.45) is 0 Å². The van der Waals surface area contributed by atoms with Gasteiger partial charge in [-0.1, -0.05) is 36.8 Å². The fraction of sp³-hybridized carbons (Fsp3) is 0.222. The van der Waals surface area contributed by atoms with Crippen molar-refractivity contribution in [2.75, 3.05) is 5.75 Å².